The molecule has 1 amide bonds. The van der Waals surface area contributed by atoms with Crippen molar-refractivity contribution in [1.82, 2.24) is 4.31 Å². The predicted octanol–water partition coefficient (Wildman–Crippen LogP) is 3.92. The molecule has 2 atom stereocenters. The molecule has 0 saturated carbocycles. The zero-order valence-electron chi connectivity index (χ0n) is 18.3. The lowest BCUT2D eigenvalue weighted by molar-refractivity contribution is 0.0679. The van der Waals surface area contributed by atoms with E-state index < -0.39 is 10.0 Å². The van der Waals surface area contributed by atoms with Crippen molar-refractivity contribution in [2.24, 2.45) is 5.92 Å². The summed E-state index contributed by atoms with van der Waals surface area (Å²) >= 11 is 0. The number of rotatable bonds is 7. The SMILES string of the molecule is CC1CCCN(S(=O)(=O)c2ccc(NC(=O)c3cccc(OCC4CCCO4)c3)cc2)C1. The summed E-state index contributed by atoms with van der Waals surface area (Å²) in [5, 5.41) is 2.82. The molecule has 8 heteroatoms. The molecule has 7 nitrogen and oxygen atoms in total. The lowest BCUT2D eigenvalue weighted by atomic mass is 10.0. The minimum absolute atomic E-state index is 0.107. The van der Waals surface area contributed by atoms with Gasteiger partial charge in [0.05, 0.1) is 11.0 Å². The van der Waals surface area contributed by atoms with Gasteiger partial charge in [-0.3, -0.25) is 4.79 Å². The van der Waals surface area contributed by atoms with Crippen molar-refractivity contribution < 1.29 is 22.7 Å². The first-order valence-electron chi connectivity index (χ1n) is 11.2. The van der Waals surface area contributed by atoms with E-state index >= 15 is 0 Å². The summed E-state index contributed by atoms with van der Waals surface area (Å²) < 4.78 is 38.7. The van der Waals surface area contributed by atoms with E-state index in [1.54, 1.807) is 46.8 Å². The molecule has 0 radical (unpaired) electrons. The Balaban J connectivity index is 1.38. The number of sulfonamides is 1. The second kappa shape index (κ2) is 10.0. The molecule has 172 valence electrons. The first-order valence-corrected chi connectivity index (χ1v) is 12.6. The summed E-state index contributed by atoms with van der Waals surface area (Å²) in [6.07, 6.45) is 4.08. The van der Waals surface area contributed by atoms with E-state index in [-0.39, 0.29) is 16.9 Å². The van der Waals surface area contributed by atoms with E-state index in [9.17, 15) is 13.2 Å². The lowest BCUT2D eigenvalue weighted by Crippen LogP contribution is -2.39. The Labute approximate surface area is 189 Å². The molecule has 0 aromatic heterocycles. The van der Waals surface area contributed by atoms with Crippen molar-refractivity contribution in [3.05, 3.63) is 54.1 Å². The van der Waals surface area contributed by atoms with Crippen LogP contribution in [0.3, 0.4) is 0 Å². The highest BCUT2D eigenvalue weighted by Gasteiger charge is 2.28. The molecule has 2 aromatic carbocycles. The minimum atomic E-state index is -3.52. The highest BCUT2D eigenvalue weighted by molar-refractivity contribution is 7.89. The third-order valence-corrected chi connectivity index (χ3v) is 7.81. The van der Waals surface area contributed by atoms with Crippen LogP contribution in [0.25, 0.3) is 0 Å². The number of piperidine rings is 1. The smallest absolute Gasteiger partial charge is 0.255 e. The Bertz CT molecular complexity index is 1030. The Morgan fingerprint density at radius 3 is 2.69 bits per heavy atom. The van der Waals surface area contributed by atoms with Crippen molar-refractivity contribution >= 4 is 21.6 Å². The summed E-state index contributed by atoms with van der Waals surface area (Å²) in [5.74, 6) is 0.695. The molecule has 0 spiro atoms. The number of ether oxygens (including phenoxy) is 2. The van der Waals surface area contributed by atoms with E-state index in [4.69, 9.17) is 9.47 Å². The maximum absolute atomic E-state index is 12.9. The van der Waals surface area contributed by atoms with Crippen LogP contribution < -0.4 is 10.1 Å². The number of amides is 1. The highest BCUT2D eigenvalue weighted by Crippen LogP contribution is 2.25. The molecular weight excluding hydrogens is 428 g/mol. The number of nitrogens with one attached hydrogen (secondary N) is 1. The fraction of sp³-hybridized carbons (Fsp3) is 0.458. The van der Waals surface area contributed by atoms with Gasteiger partial charge in [0, 0.05) is 30.9 Å². The van der Waals surface area contributed by atoms with Gasteiger partial charge in [0.1, 0.15) is 12.4 Å². The molecule has 0 bridgehead atoms. The number of hydrogen-bond donors (Lipinski definition) is 1. The molecule has 4 rings (SSSR count). The highest BCUT2D eigenvalue weighted by atomic mass is 32.2. The lowest BCUT2D eigenvalue weighted by Gasteiger charge is -2.30. The van der Waals surface area contributed by atoms with Gasteiger partial charge in [-0.25, -0.2) is 8.42 Å². The molecule has 2 aliphatic rings. The van der Waals surface area contributed by atoms with Crippen LogP contribution in [0, 0.1) is 5.92 Å². The molecule has 2 fully saturated rings. The van der Waals surface area contributed by atoms with Gasteiger partial charge in [-0.15, -0.1) is 0 Å². The zero-order valence-corrected chi connectivity index (χ0v) is 19.1. The van der Waals surface area contributed by atoms with Crippen molar-refractivity contribution in [3.8, 4) is 5.75 Å². The van der Waals surface area contributed by atoms with Crippen molar-refractivity contribution in [2.75, 3.05) is 31.6 Å². The van der Waals surface area contributed by atoms with Gasteiger partial charge in [-0.2, -0.15) is 4.31 Å². The van der Waals surface area contributed by atoms with Gasteiger partial charge >= 0.3 is 0 Å². The topological polar surface area (TPSA) is 84.9 Å². The number of carbonyl (C=O) groups is 1. The number of benzene rings is 2. The van der Waals surface area contributed by atoms with E-state index in [0.717, 1.165) is 32.3 Å². The summed E-state index contributed by atoms with van der Waals surface area (Å²) in [6, 6.07) is 13.3. The van der Waals surface area contributed by atoms with Gasteiger partial charge in [0.15, 0.2) is 0 Å². The van der Waals surface area contributed by atoms with Gasteiger partial charge < -0.3 is 14.8 Å². The third kappa shape index (κ3) is 5.49. The average Bonchev–Trinajstić information content (AvgIpc) is 3.32. The van der Waals surface area contributed by atoms with Crippen LogP contribution in [0.1, 0.15) is 43.0 Å². The fourth-order valence-corrected chi connectivity index (χ4v) is 5.72. The number of hydrogen-bond acceptors (Lipinski definition) is 5. The largest absolute Gasteiger partial charge is 0.491 e. The van der Waals surface area contributed by atoms with E-state index in [0.29, 0.717) is 42.6 Å². The molecule has 2 heterocycles. The molecule has 32 heavy (non-hydrogen) atoms. The van der Waals surface area contributed by atoms with Crippen molar-refractivity contribution in [2.45, 2.75) is 43.6 Å². The molecule has 0 aliphatic carbocycles. The van der Waals surface area contributed by atoms with E-state index in [1.165, 1.54) is 0 Å². The van der Waals surface area contributed by atoms with Crippen LogP contribution in [-0.2, 0) is 14.8 Å². The second-order valence-electron chi connectivity index (χ2n) is 8.56. The minimum Gasteiger partial charge on any atom is -0.491 e. The third-order valence-electron chi connectivity index (χ3n) is 5.93. The van der Waals surface area contributed by atoms with Crippen LogP contribution in [0.15, 0.2) is 53.4 Å². The summed E-state index contributed by atoms with van der Waals surface area (Å²) in [6.45, 7) is 4.41. The first kappa shape index (κ1) is 22.8. The van der Waals surface area contributed by atoms with Crippen LogP contribution in [0.4, 0.5) is 5.69 Å². The van der Waals surface area contributed by atoms with E-state index in [1.807, 2.05) is 6.07 Å². The van der Waals surface area contributed by atoms with Crippen LogP contribution in [0.2, 0.25) is 0 Å². The summed E-state index contributed by atoms with van der Waals surface area (Å²) in [7, 11) is -3.52. The Morgan fingerprint density at radius 1 is 1.16 bits per heavy atom. The quantitative estimate of drug-likeness (QED) is 0.680. The number of nitrogens with zero attached hydrogens (tertiary/aromatic N) is 1. The predicted molar refractivity (Wildman–Crippen MR) is 122 cm³/mol. The fourth-order valence-electron chi connectivity index (χ4n) is 4.12. The molecule has 2 unspecified atom stereocenters. The first-order chi connectivity index (χ1) is 15.4. The Kier molecular flexibility index (Phi) is 7.13. The maximum Gasteiger partial charge on any atom is 0.255 e. The molecule has 2 aliphatic heterocycles. The maximum atomic E-state index is 12.9. The number of anilines is 1. The molecule has 1 N–H and O–H groups in total. The standard InChI is InChI=1S/C24H30N2O5S/c1-18-5-3-13-26(16-18)32(28,29)23-11-9-20(10-12-23)25-24(27)19-6-2-7-21(15-19)31-17-22-8-4-14-30-22/h2,6-7,9-12,15,18,22H,3-5,8,13-14,16-17H2,1H3,(H,25,27). The van der Waals surface area contributed by atoms with Gasteiger partial charge in [-0.05, 0) is 74.1 Å². The molecule has 2 aromatic rings. The molecule has 2 saturated heterocycles. The van der Waals surface area contributed by atoms with Crippen molar-refractivity contribution in [3.63, 3.8) is 0 Å². The normalized spacial score (nSPS) is 21.9. The zero-order chi connectivity index (χ0) is 22.6. The second-order valence-corrected chi connectivity index (χ2v) is 10.5. The van der Waals surface area contributed by atoms with Crippen LogP contribution >= 0.6 is 0 Å². The van der Waals surface area contributed by atoms with Crippen LogP contribution in [0.5, 0.6) is 5.75 Å². The van der Waals surface area contributed by atoms with Gasteiger partial charge in [0.2, 0.25) is 10.0 Å². The van der Waals surface area contributed by atoms with Gasteiger partial charge in [-0.1, -0.05) is 13.0 Å². The van der Waals surface area contributed by atoms with Crippen molar-refractivity contribution in [1.29, 1.82) is 0 Å². The average molecular weight is 459 g/mol. The van der Waals surface area contributed by atoms with E-state index in [2.05, 4.69) is 12.2 Å². The summed E-state index contributed by atoms with van der Waals surface area (Å²) in [5.41, 5.74) is 1.00. The van der Waals surface area contributed by atoms with Gasteiger partial charge in [0.25, 0.3) is 5.91 Å². The summed E-state index contributed by atoms with van der Waals surface area (Å²) in [4.78, 5) is 12.9. The monoisotopic (exact) mass is 458 g/mol. The number of carbonyl (C=O) groups excluding carboxylic acids is 1. The Morgan fingerprint density at radius 2 is 1.97 bits per heavy atom. The molecular formula is C24H30N2O5S. The Hall–Kier alpha value is -2.42. The van der Waals surface area contributed by atoms with Crippen LogP contribution in [-0.4, -0.2) is 51.0 Å².